The third-order valence-corrected chi connectivity index (χ3v) is 2.74. The number of rotatable bonds is 5. The fourth-order valence-corrected chi connectivity index (χ4v) is 1.75. The van der Waals surface area contributed by atoms with Crippen molar-refractivity contribution in [1.82, 2.24) is 5.32 Å². The molecule has 1 atom stereocenters. The lowest BCUT2D eigenvalue weighted by Crippen LogP contribution is -2.37. The van der Waals surface area contributed by atoms with E-state index in [0.717, 1.165) is 12.0 Å². The van der Waals surface area contributed by atoms with Crippen LogP contribution in [0, 0.1) is 19.3 Å². The minimum atomic E-state index is -1.09. The summed E-state index contributed by atoms with van der Waals surface area (Å²) in [5.74, 6) is 1.39. The summed E-state index contributed by atoms with van der Waals surface area (Å²) in [7, 11) is 0. The Hall–Kier alpha value is -2.48. The predicted molar refractivity (Wildman–Crippen MR) is 77.8 cm³/mol. The fraction of sp³-hybridized carbons (Fsp3) is 0.333. The highest BCUT2D eigenvalue weighted by Gasteiger charge is 2.14. The molecule has 0 aliphatic rings. The fourth-order valence-electron chi connectivity index (χ4n) is 1.75. The first kappa shape index (κ1) is 15.6. The molecule has 106 valence electrons. The summed E-state index contributed by atoms with van der Waals surface area (Å²) < 4.78 is 0. The molecule has 0 saturated carbocycles. The van der Waals surface area contributed by atoms with Gasteiger partial charge in [-0.15, -0.1) is 6.42 Å². The second kappa shape index (κ2) is 7.19. The van der Waals surface area contributed by atoms with Gasteiger partial charge in [0.15, 0.2) is 0 Å². The highest BCUT2D eigenvalue weighted by atomic mass is 16.4. The number of aryl methyl sites for hydroxylation is 1. The zero-order valence-corrected chi connectivity index (χ0v) is 11.6. The molecule has 3 N–H and O–H groups in total. The summed E-state index contributed by atoms with van der Waals surface area (Å²) in [6.45, 7) is 3.75. The molecule has 1 aromatic rings. The average Bonchev–Trinajstić information content (AvgIpc) is 2.40. The largest absolute Gasteiger partial charge is 0.478 e. The molecule has 20 heavy (non-hydrogen) atoms. The lowest BCUT2D eigenvalue weighted by molar-refractivity contribution is 0.0698. The molecular weight excluding hydrogens is 256 g/mol. The Morgan fingerprint density at radius 1 is 1.45 bits per heavy atom. The first-order chi connectivity index (χ1) is 9.47. The highest BCUT2D eigenvalue weighted by Crippen LogP contribution is 2.17. The third-order valence-electron chi connectivity index (χ3n) is 2.74. The molecule has 0 fully saturated rings. The van der Waals surface area contributed by atoms with Crippen molar-refractivity contribution in [3.05, 3.63) is 29.3 Å². The molecule has 0 spiro atoms. The zero-order valence-electron chi connectivity index (χ0n) is 11.6. The number of aromatic carboxylic acids is 1. The molecule has 0 bridgehead atoms. The van der Waals surface area contributed by atoms with Crippen LogP contribution in [0.15, 0.2) is 18.2 Å². The van der Waals surface area contributed by atoms with Crippen molar-refractivity contribution in [2.24, 2.45) is 0 Å². The number of benzene rings is 1. The summed E-state index contributed by atoms with van der Waals surface area (Å²) in [6.07, 6.45) is 6.83. The number of anilines is 1. The first-order valence-corrected chi connectivity index (χ1v) is 6.35. The number of carboxylic acids is 1. The maximum absolute atomic E-state index is 11.8. The lowest BCUT2D eigenvalue weighted by Gasteiger charge is -2.14. The summed E-state index contributed by atoms with van der Waals surface area (Å²) in [4.78, 5) is 22.9. The van der Waals surface area contributed by atoms with Crippen molar-refractivity contribution in [3.63, 3.8) is 0 Å². The summed E-state index contributed by atoms with van der Waals surface area (Å²) >= 11 is 0. The van der Waals surface area contributed by atoms with E-state index in [1.165, 1.54) is 6.07 Å². The number of carbonyl (C=O) groups excluding carboxylic acids is 1. The number of carbonyl (C=O) groups is 2. The number of hydrogen-bond donors (Lipinski definition) is 3. The van der Waals surface area contributed by atoms with Gasteiger partial charge in [0.1, 0.15) is 0 Å². The van der Waals surface area contributed by atoms with E-state index in [-0.39, 0.29) is 17.3 Å². The van der Waals surface area contributed by atoms with Crippen LogP contribution in [0.25, 0.3) is 0 Å². The third kappa shape index (κ3) is 4.32. The van der Waals surface area contributed by atoms with Gasteiger partial charge in [0.05, 0.1) is 17.3 Å². The van der Waals surface area contributed by atoms with Crippen molar-refractivity contribution in [3.8, 4) is 12.3 Å². The van der Waals surface area contributed by atoms with E-state index >= 15 is 0 Å². The van der Waals surface area contributed by atoms with E-state index in [1.54, 1.807) is 19.1 Å². The van der Waals surface area contributed by atoms with Crippen LogP contribution in [0.1, 0.15) is 35.7 Å². The molecule has 0 radical (unpaired) electrons. The van der Waals surface area contributed by atoms with Gasteiger partial charge in [0, 0.05) is 0 Å². The zero-order chi connectivity index (χ0) is 15.1. The Balaban J connectivity index is 2.81. The first-order valence-electron chi connectivity index (χ1n) is 6.35. The maximum atomic E-state index is 11.8. The van der Waals surface area contributed by atoms with Gasteiger partial charge in [0.2, 0.25) is 0 Å². The Labute approximate surface area is 118 Å². The Bertz CT molecular complexity index is 547. The molecular formula is C15H18N2O3. The molecule has 2 amide bonds. The predicted octanol–water partition coefficient (Wildman–Crippen LogP) is 2.62. The normalized spacial score (nSPS) is 11.2. The van der Waals surface area contributed by atoms with Crippen LogP contribution in [-0.4, -0.2) is 23.1 Å². The molecule has 0 aromatic heterocycles. The SMILES string of the molecule is C#CC(CCC)NC(=O)Nc1ccc(C)cc1C(=O)O. The molecule has 0 heterocycles. The number of nitrogens with one attached hydrogen (secondary N) is 2. The molecule has 1 rings (SSSR count). The van der Waals surface area contributed by atoms with Gasteiger partial charge >= 0.3 is 12.0 Å². The number of amides is 2. The standard InChI is InChI=1S/C15H18N2O3/c1-4-6-11(5-2)16-15(20)17-13-8-7-10(3)9-12(13)14(18)19/h2,7-9,11H,4,6H2,1,3H3,(H,18,19)(H2,16,17,20). The van der Waals surface area contributed by atoms with E-state index in [1.807, 2.05) is 6.92 Å². The minimum absolute atomic E-state index is 0.0490. The van der Waals surface area contributed by atoms with Crippen molar-refractivity contribution < 1.29 is 14.7 Å². The topological polar surface area (TPSA) is 78.4 Å². The maximum Gasteiger partial charge on any atom is 0.337 e. The summed E-state index contributed by atoms with van der Waals surface area (Å²) in [6, 6.07) is 3.92. The van der Waals surface area contributed by atoms with Crippen molar-refractivity contribution in [1.29, 1.82) is 0 Å². The average molecular weight is 274 g/mol. The van der Waals surface area contributed by atoms with E-state index in [0.29, 0.717) is 6.42 Å². The molecule has 5 heteroatoms. The van der Waals surface area contributed by atoms with Gasteiger partial charge < -0.3 is 15.7 Å². The molecule has 5 nitrogen and oxygen atoms in total. The van der Waals surface area contributed by atoms with Crippen molar-refractivity contribution in [2.75, 3.05) is 5.32 Å². The van der Waals surface area contributed by atoms with Crippen LogP contribution >= 0.6 is 0 Å². The van der Waals surface area contributed by atoms with Crippen LogP contribution in [0.2, 0.25) is 0 Å². The van der Waals surface area contributed by atoms with Crippen LogP contribution in [0.4, 0.5) is 10.5 Å². The van der Waals surface area contributed by atoms with Gasteiger partial charge in [-0.25, -0.2) is 9.59 Å². The van der Waals surface area contributed by atoms with Crippen molar-refractivity contribution >= 4 is 17.7 Å². The number of carboxylic acid groups (broad SMARTS) is 1. The summed E-state index contributed by atoms with van der Waals surface area (Å²) in [5.41, 5.74) is 1.10. The monoisotopic (exact) mass is 274 g/mol. The smallest absolute Gasteiger partial charge is 0.337 e. The highest BCUT2D eigenvalue weighted by molar-refractivity contribution is 6.00. The number of hydrogen-bond acceptors (Lipinski definition) is 2. The van der Waals surface area contributed by atoms with Gasteiger partial charge in [0.25, 0.3) is 0 Å². The van der Waals surface area contributed by atoms with Crippen LogP contribution in [0.5, 0.6) is 0 Å². The van der Waals surface area contributed by atoms with Crippen molar-refractivity contribution in [2.45, 2.75) is 32.7 Å². The van der Waals surface area contributed by atoms with Gasteiger partial charge in [-0.2, -0.15) is 0 Å². The van der Waals surface area contributed by atoms with Crippen LogP contribution in [0.3, 0.4) is 0 Å². The van der Waals surface area contributed by atoms with E-state index < -0.39 is 12.0 Å². The molecule has 0 aliphatic heterocycles. The van der Waals surface area contributed by atoms with Crippen LogP contribution < -0.4 is 10.6 Å². The molecule has 1 unspecified atom stereocenters. The number of terminal acetylenes is 1. The van der Waals surface area contributed by atoms with E-state index in [9.17, 15) is 9.59 Å². The molecule has 1 aromatic carbocycles. The second-order valence-corrected chi connectivity index (χ2v) is 4.46. The second-order valence-electron chi connectivity index (χ2n) is 4.46. The van der Waals surface area contributed by atoms with E-state index in [4.69, 9.17) is 11.5 Å². The van der Waals surface area contributed by atoms with Crippen LogP contribution in [-0.2, 0) is 0 Å². The van der Waals surface area contributed by atoms with Gasteiger partial charge in [-0.1, -0.05) is 30.9 Å². The minimum Gasteiger partial charge on any atom is -0.478 e. The van der Waals surface area contributed by atoms with E-state index in [2.05, 4.69) is 16.6 Å². The quantitative estimate of drug-likeness (QED) is 0.722. The molecule has 0 saturated heterocycles. The number of urea groups is 1. The molecule has 0 aliphatic carbocycles. The Morgan fingerprint density at radius 2 is 2.15 bits per heavy atom. The van der Waals surface area contributed by atoms with Gasteiger partial charge in [-0.3, -0.25) is 0 Å². The summed E-state index contributed by atoms with van der Waals surface area (Å²) in [5, 5.41) is 14.2. The Morgan fingerprint density at radius 3 is 2.70 bits per heavy atom. The lowest BCUT2D eigenvalue weighted by atomic mass is 10.1. The Kier molecular flexibility index (Phi) is 5.60. The van der Waals surface area contributed by atoms with Gasteiger partial charge in [-0.05, 0) is 25.5 Å².